The van der Waals surface area contributed by atoms with Gasteiger partial charge in [0.25, 0.3) is 0 Å². The molecule has 1 unspecified atom stereocenters. The molecule has 1 atom stereocenters. The summed E-state index contributed by atoms with van der Waals surface area (Å²) in [6.45, 7) is 1.93. The Morgan fingerprint density at radius 1 is 1.12 bits per heavy atom. The highest BCUT2D eigenvalue weighted by Gasteiger charge is 2.16. The molecule has 1 N–H and O–H groups in total. The molecule has 0 saturated heterocycles. The molecule has 2 rings (SSSR count). The minimum Gasteiger partial charge on any atom is -0.308 e. The molecule has 0 amide bonds. The van der Waals surface area contributed by atoms with Crippen molar-refractivity contribution in [1.29, 1.82) is 0 Å². The smallest absolute Gasteiger partial charge is 0.128 e. The van der Waals surface area contributed by atoms with Gasteiger partial charge in [-0.1, -0.05) is 24.3 Å². The second kappa shape index (κ2) is 5.06. The summed E-state index contributed by atoms with van der Waals surface area (Å²) in [7, 11) is 1.81. The van der Waals surface area contributed by atoms with Crippen LogP contribution in [0.4, 0.5) is 4.39 Å². The van der Waals surface area contributed by atoms with Gasteiger partial charge in [-0.2, -0.15) is 0 Å². The Kier molecular flexibility index (Phi) is 3.49. The Morgan fingerprint density at radius 2 is 1.88 bits per heavy atom. The van der Waals surface area contributed by atoms with E-state index in [2.05, 4.69) is 10.3 Å². The second-order valence-corrected chi connectivity index (χ2v) is 3.95. The lowest BCUT2D eigenvalue weighted by atomic mass is 10.0. The first-order valence-electron chi connectivity index (χ1n) is 5.57. The molecule has 0 radical (unpaired) electrons. The summed E-state index contributed by atoms with van der Waals surface area (Å²) in [5, 5.41) is 3.10. The molecule has 0 spiro atoms. The van der Waals surface area contributed by atoms with Crippen LogP contribution < -0.4 is 5.32 Å². The van der Waals surface area contributed by atoms with Crippen LogP contribution in [0.15, 0.2) is 42.5 Å². The van der Waals surface area contributed by atoms with Gasteiger partial charge in [0, 0.05) is 11.3 Å². The third kappa shape index (κ3) is 2.50. The van der Waals surface area contributed by atoms with Crippen molar-refractivity contribution in [3.8, 4) is 0 Å². The molecule has 0 bridgehead atoms. The second-order valence-electron chi connectivity index (χ2n) is 3.95. The zero-order valence-electron chi connectivity index (χ0n) is 9.94. The van der Waals surface area contributed by atoms with Crippen molar-refractivity contribution in [3.63, 3.8) is 0 Å². The fourth-order valence-corrected chi connectivity index (χ4v) is 1.90. The van der Waals surface area contributed by atoms with Gasteiger partial charge in [0.2, 0.25) is 0 Å². The van der Waals surface area contributed by atoms with E-state index in [-0.39, 0.29) is 11.9 Å². The number of aromatic nitrogens is 1. The maximum absolute atomic E-state index is 13.7. The first-order valence-corrected chi connectivity index (χ1v) is 5.57. The lowest BCUT2D eigenvalue weighted by Crippen LogP contribution is -2.20. The van der Waals surface area contributed by atoms with E-state index in [1.165, 1.54) is 6.07 Å². The van der Waals surface area contributed by atoms with E-state index in [0.717, 1.165) is 11.4 Å². The molecule has 2 nitrogen and oxygen atoms in total. The Hall–Kier alpha value is -1.74. The fourth-order valence-electron chi connectivity index (χ4n) is 1.90. The number of aryl methyl sites for hydroxylation is 1. The van der Waals surface area contributed by atoms with Gasteiger partial charge >= 0.3 is 0 Å². The van der Waals surface area contributed by atoms with Crippen LogP contribution in [0.25, 0.3) is 0 Å². The predicted octanol–water partition coefficient (Wildman–Crippen LogP) is 2.84. The molecule has 0 aliphatic rings. The monoisotopic (exact) mass is 230 g/mol. The molecule has 88 valence electrons. The van der Waals surface area contributed by atoms with Gasteiger partial charge in [0.15, 0.2) is 0 Å². The number of rotatable bonds is 3. The standard InChI is InChI=1S/C14H15FN2/c1-10-6-5-9-13(17-10)14(16-2)11-7-3-4-8-12(11)15/h3-9,14,16H,1-2H3. The van der Waals surface area contributed by atoms with Crippen molar-refractivity contribution in [3.05, 3.63) is 65.2 Å². The summed E-state index contributed by atoms with van der Waals surface area (Å²) in [5.41, 5.74) is 2.38. The number of halogens is 1. The van der Waals surface area contributed by atoms with E-state index in [1.54, 1.807) is 19.2 Å². The third-order valence-electron chi connectivity index (χ3n) is 2.71. The van der Waals surface area contributed by atoms with Crippen LogP contribution in [0.2, 0.25) is 0 Å². The van der Waals surface area contributed by atoms with Gasteiger partial charge < -0.3 is 5.32 Å². The minimum absolute atomic E-state index is 0.212. The van der Waals surface area contributed by atoms with Crippen molar-refractivity contribution in [2.24, 2.45) is 0 Å². The van der Waals surface area contributed by atoms with Crippen LogP contribution >= 0.6 is 0 Å². The Labute approximate surface area is 101 Å². The average Bonchev–Trinajstić information content (AvgIpc) is 2.33. The molecule has 17 heavy (non-hydrogen) atoms. The number of nitrogens with one attached hydrogen (secondary N) is 1. The topological polar surface area (TPSA) is 24.9 Å². The van der Waals surface area contributed by atoms with E-state index >= 15 is 0 Å². The molecular weight excluding hydrogens is 215 g/mol. The molecule has 0 aliphatic heterocycles. The number of benzene rings is 1. The van der Waals surface area contributed by atoms with Gasteiger partial charge in [-0.25, -0.2) is 4.39 Å². The molecule has 2 aromatic rings. The van der Waals surface area contributed by atoms with Crippen LogP contribution in [-0.2, 0) is 0 Å². The molecular formula is C14H15FN2. The molecule has 0 saturated carbocycles. The SMILES string of the molecule is CNC(c1cccc(C)n1)c1ccccc1F. The predicted molar refractivity (Wildman–Crippen MR) is 66.3 cm³/mol. The summed E-state index contributed by atoms with van der Waals surface area (Å²) < 4.78 is 13.7. The van der Waals surface area contributed by atoms with E-state index in [9.17, 15) is 4.39 Å². The summed E-state index contributed by atoms with van der Waals surface area (Å²) in [6, 6.07) is 12.3. The van der Waals surface area contributed by atoms with Gasteiger partial charge in [-0.05, 0) is 32.2 Å². The van der Waals surface area contributed by atoms with E-state index in [0.29, 0.717) is 5.56 Å². The van der Waals surface area contributed by atoms with Gasteiger partial charge in [-0.3, -0.25) is 4.98 Å². The van der Waals surface area contributed by atoms with E-state index in [4.69, 9.17) is 0 Å². The van der Waals surface area contributed by atoms with Crippen molar-refractivity contribution in [2.75, 3.05) is 7.05 Å². The maximum atomic E-state index is 13.7. The first-order chi connectivity index (χ1) is 8.22. The zero-order valence-corrected chi connectivity index (χ0v) is 9.94. The van der Waals surface area contributed by atoms with E-state index in [1.807, 2.05) is 31.2 Å². The third-order valence-corrected chi connectivity index (χ3v) is 2.71. The first kappa shape index (κ1) is 11.7. The molecule has 1 aromatic heterocycles. The van der Waals surface area contributed by atoms with Gasteiger partial charge in [0.1, 0.15) is 5.82 Å². The van der Waals surface area contributed by atoms with Crippen LogP contribution in [0.5, 0.6) is 0 Å². The van der Waals surface area contributed by atoms with Crippen molar-refractivity contribution >= 4 is 0 Å². The normalized spacial score (nSPS) is 12.4. The molecule has 0 fully saturated rings. The number of hydrogen-bond acceptors (Lipinski definition) is 2. The highest BCUT2D eigenvalue weighted by atomic mass is 19.1. The van der Waals surface area contributed by atoms with Gasteiger partial charge in [0.05, 0.1) is 11.7 Å². The van der Waals surface area contributed by atoms with Crippen molar-refractivity contribution in [1.82, 2.24) is 10.3 Å². The summed E-state index contributed by atoms with van der Waals surface area (Å²) in [6.07, 6.45) is 0. The number of pyridine rings is 1. The minimum atomic E-state index is -0.213. The molecule has 1 aromatic carbocycles. The number of nitrogens with zero attached hydrogens (tertiary/aromatic N) is 1. The zero-order chi connectivity index (χ0) is 12.3. The molecule has 3 heteroatoms. The van der Waals surface area contributed by atoms with Crippen LogP contribution in [0.1, 0.15) is 23.0 Å². The quantitative estimate of drug-likeness (QED) is 0.877. The Morgan fingerprint density at radius 3 is 2.53 bits per heavy atom. The Bertz CT molecular complexity index is 511. The maximum Gasteiger partial charge on any atom is 0.128 e. The lowest BCUT2D eigenvalue weighted by molar-refractivity contribution is 0.570. The molecule has 1 heterocycles. The highest BCUT2D eigenvalue weighted by molar-refractivity contribution is 5.29. The summed E-state index contributed by atoms with van der Waals surface area (Å²) >= 11 is 0. The van der Waals surface area contributed by atoms with Crippen LogP contribution in [0, 0.1) is 12.7 Å². The number of hydrogen-bond donors (Lipinski definition) is 1. The van der Waals surface area contributed by atoms with Crippen LogP contribution in [-0.4, -0.2) is 12.0 Å². The fraction of sp³-hybridized carbons (Fsp3) is 0.214. The summed E-state index contributed by atoms with van der Waals surface area (Å²) in [4.78, 5) is 4.43. The van der Waals surface area contributed by atoms with E-state index < -0.39 is 0 Å². The highest BCUT2D eigenvalue weighted by Crippen LogP contribution is 2.22. The van der Waals surface area contributed by atoms with Crippen molar-refractivity contribution in [2.45, 2.75) is 13.0 Å². The summed E-state index contributed by atoms with van der Waals surface area (Å²) in [5.74, 6) is -0.213. The molecule has 0 aliphatic carbocycles. The average molecular weight is 230 g/mol. The van der Waals surface area contributed by atoms with Crippen molar-refractivity contribution < 1.29 is 4.39 Å². The lowest BCUT2D eigenvalue weighted by Gasteiger charge is -2.17. The van der Waals surface area contributed by atoms with Crippen LogP contribution in [0.3, 0.4) is 0 Å². The Balaban J connectivity index is 2.44. The largest absolute Gasteiger partial charge is 0.308 e. The van der Waals surface area contributed by atoms with Gasteiger partial charge in [-0.15, -0.1) is 0 Å².